The second-order valence-electron chi connectivity index (χ2n) is 13.5. The molecule has 0 aliphatic carbocycles. The number of benzene rings is 4. The average Bonchev–Trinajstić information content (AvgIpc) is 3.10. The zero-order valence-corrected chi connectivity index (χ0v) is 35.9. The number of hydrogen-bond acceptors (Lipinski definition) is 9. The van der Waals surface area contributed by atoms with E-state index < -0.39 is 20.2 Å². The van der Waals surface area contributed by atoms with E-state index in [2.05, 4.69) is 13.8 Å². The van der Waals surface area contributed by atoms with Gasteiger partial charge >= 0.3 is 37.7 Å². The molecule has 0 radical (unpaired) electrons. The summed E-state index contributed by atoms with van der Waals surface area (Å²) in [4.78, 5) is -0.491. The van der Waals surface area contributed by atoms with Crippen molar-refractivity contribution in [3.8, 4) is 34.5 Å². The van der Waals surface area contributed by atoms with Crippen LogP contribution in [0.3, 0.4) is 0 Å². The third kappa shape index (κ3) is 19.7. The van der Waals surface area contributed by atoms with E-state index >= 15 is 0 Å². The number of aryl methyl sites for hydroxylation is 2. The van der Waals surface area contributed by atoms with Crippen molar-refractivity contribution in [2.75, 3.05) is 0 Å². The quantitative estimate of drug-likeness (QED) is 0.0441. The van der Waals surface area contributed by atoms with E-state index in [1.165, 1.54) is 106 Å². The molecule has 0 saturated carbocycles. The first-order chi connectivity index (χ1) is 25.8. The van der Waals surface area contributed by atoms with Gasteiger partial charge in [-0.05, 0) is 91.4 Å². The number of aromatic hydroxyl groups is 1. The fourth-order valence-electron chi connectivity index (χ4n) is 5.89. The number of hydrogen-bond donors (Lipinski definition) is 2. The van der Waals surface area contributed by atoms with Crippen LogP contribution in [0.2, 0.25) is 0 Å². The third-order valence-corrected chi connectivity index (χ3v) is 10.3. The molecule has 2 N–H and O–H groups in total. The maximum Gasteiger partial charge on any atom is 2.00 e. The molecule has 0 unspecified atom stereocenters. The molecule has 4 aromatic rings. The molecule has 4 rings (SSSR count). The second kappa shape index (κ2) is 25.4. The standard InChI is InChI=1S/2C21H28O5S.Ca/c2*1-2-3-4-5-6-7-8-10-17-13-20(16-21(14-17)27(23,24)25)26-19-12-9-11-18(22)15-19;/h2*9,11-16,22H,2-8,10H2,1H3,(H,23,24,25);/q;;+2/p-2. The molecule has 0 spiro atoms. The molecule has 55 heavy (non-hydrogen) atoms. The van der Waals surface area contributed by atoms with Gasteiger partial charge in [0.1, 0.15) is 38.9 Å². The molecule has 13 heteroatoms. The summed E-state index contributed by atoms with van der Waals surface area (Å²) in [6.07, 6.45) is 17.7. The molecule has 0 heterocycles. The molecular weight excluding hydrogens is 769 g/mol. The van der Waals surface area contributed by atoms with Crippen LogP contribution in [0.25, 0.3) is 0 Å². The Morgan fingerprint density at radius 1 is 0.545 bits per heavy atom. The Kier molecular flexibility index (Phi) is 22.3. The van der Waals surface area contributed by atoms with E-state index in [-0.39, 0.29) is 64.8 Å². The zero-order chi connectivity index (χ0) is 39.4. The molecule has 0 aliphatic rings. The molecule has 0 bridgehead atoms. The molecule has 4 aromatic carbocycles. The van der Waals surface area contributed by atoms with Gasteiger partial charge < -0.3 is 24.2 Å². The minimum Gasteiger partial charge on any atom is -0.872 e. The fraction of sp³-hybridized carbons (Fsp3) is 0.429. The van der Waals surface area contributed by atoms with Crippen LogP contribution in [0.15, 0.2) is 94.7 Å². The first kappa shape index (κ1) is 48.3. The average molecular weight is 823 g/mol. The van der Waals surface area contributed by atoms with Gasteiger partial charge in [0.05, 0.1) is 9.79 Å². The van der Waals surface area contributed by atoms with Crippen molar-refractivity contribution in [1.82, 2.24) is 0 Å². The minimum absolute atomic E-state index is 0. The first-order valence-corrected chi connectivity index (χ1v) is 21.7. The summed E-state index contributed by atoms with van der Waals surface area (Å²) in [6.45, 7) is 4.38. The summed E-state index contributed by atoms with van der Waals surface area (Å²) >= 11 is 0. The molecule has 296 valence electrons. The van der Waals surface area contributed by atoms with Gasteiger partial charge in [-0.1, -0.05) is 109 Å². The Labute approximate surface area is 357 Å². The molecule has 0 fully saturated rings. The Morgan fingerprint density at radius 2 is 0.982 bits per heavy atom. The van der Waals surface area contributed by atoms with Crippen molar-refractivity contribution < 1.29 is 45.6 Å². The normalized spacial score (nSPS) is 11.3. The Balaban J connectivity index is 0.000000373. The molecule has 10 nitrogen and oxygen atoms in total. The summed E-state index contributed by atoms with van der Waals surface area (Å²) in [5.41, 5.74) is 1.54. The molecular formula is C42H54CaO10S2. The van der Waals surface area contributed by atoms with Gasteiger partial charge in [0.25, 0.3) is 10.1 Å². The van der Waals surface area contributed by atoms with Gasteiger partial charge in [-0.3, -0.25) is 4.55 Å². The number of phenols is 1. The van der Waals surface area contributed by atoms with Gasteiger partial charge in [0.15, 0.2) is 0 Å². The fourth-order valence-corrected chi connectivity index (χ4v) is 7.01. The molecule has 0 amide bonds. The van der Waals surface area contributed by atoms with E-state index in [9.17, 15) is 36.2 Å². The van der Waals surface area contributed by atoms with Crippen LogP contribution in [-0.2, 0) is 33.1 Å². The Morgan fingerprint density at radius 3 is 1.44 bits per heavy atom. The van der Waals surface area contributed by atoms with Crippen LogP contribution in [-0.4, -0.2) is 68.8 Å². The third-order valence-electron chi connectivity index (χ3n) is 8.70. The van der Waals surface area contributed by atoms with Crippen molar-refractivity contribution in [1.29, 1.82) is 0 Å². The van der Waals surface area contributed by atoms with Crippen molar-refractivity contribution in [2.24, 2.45) is 0 Å². The summed E-state index contributed by atoms with van der Waals surface area (Å²) in [5, 5.41) is 21.0. The van der Waals surface area contributed by atoms with Crippen molar-refractivity contribution >= 4 is 58.0 Å². The minimum atomic E-state index is -4.59. The van der Waals surface area contributed by atoms with Gasteiger partial charge in [0.2, 0.25) is 0 Å². The monoisotopic (exact) mass is 822 g/mol. The number of ether oxygens (including phenoxy) is 2. The van der Waals surface area contributed by atoms with Crippen LogP contribution < -0.4 is 14.6 Å². The molecule has 0 aromatic heterocycles. The van der Waals surface area contributed by atoms with Gasteiger partial charge in [-0.2, -0.15) is 8.42 Å². The van der Waals surface area contributed by atoms with Crippen LogP contribution in [0.4, 0.5) is 0 Å². The predicted octanol–water partition coefficient (Wildman–Crippen LogP) is 10.1. The number of rotatable bonds is 22. The van der Waals surface area contributed by atoms with Crippen molar-refractivity contribution in [3.05, 3.63) is 96.1 Å². The van der Waals surface area contributed by atoms with Gasteiger partial charge in [-0.15, -0.1) is 5.75 Å². The van der Waals surface area contributed by atoms with Crippen LogP contribution in [0, 0.1) is 0 Å². The van der Waals surface area contributed by atoms with E-state index in [4.69, 9.17) is 9.47 Å². The van der Waals surface area contributed by atoms with Crippen molar-refractivity contribution in [3.63, 3.8) is 0 Å². The summed E-state index contributed by atoms with van der Waals surface area (Å²) in [6, 6.07) is 21.0. The van der Waals surface area contributed by atoms with Crippen LogP contribution in [0.1, 0.15) is 115 Å². The smallest absolute Gasteiger partial charge is 0.872 e. The van der Waals surface area contributed by atoms with Gasteiger partial charge in [-0.25, -0.2) is 8.42 Å². The Bertz CT molecular complexity index is 1810. The van der Waals surface area contributed by atoms with E-state index in [1.54, 1.807) is 36.4 Å². The second-order valence-corrected chi connectivity index (χ2v) is 16.3. The molecule has 0 atom stereocenters. The SMILES string of the molecule is CCCCCCCCCc1cc(Oc2cccc(O)c2)cc(S(=O)(=O)O)c1.CCCCCCCCCc1cc(Oc2cccc([O-])c2)cc(S(=O)(=O)[O-])c1.[Ca+2]. The number of unbranched alkanes of at least 4 members (excludes halogenated alkanes) is 12. The Hall–Kier alpha value is -2.84. The summed E-state index contributed by atoms with van der Waals surface area (Å²) < 4.78 is 78.2. The van der Waals surface area contributed by atoms with E-state index in [0.717, 1.165) is 43.2 Å². The van der Waals surface area contributed by atoms with Crippen LogP contribution in [0.5, 0.6) is 34.5 Å². The maximum absolute atomic E-state index is 11.6. The number of phenolic OH excluding ortho intramolecular Hbond substituents is 1. The summed E-state index contributed by atoms with van der Waals surface area (Å²) in [5.74, 6) is 1.11. The summed E-state index contributed by atoms with van der Waals surface area (Å²) in [7, 11) is -8.91. The van der Waals surface area contributed by atoms with Crippen LogP contribution >= 0.6 is 0 Å². The van der Waals surface area contributed by atoms with E-state index in [1.807, 2.05) is 0 Å². The largest absolute Gasteiger partial charge is 2.00 e. The van der Waals surface area contributed by atoms with Crippen molar-refractivity contribution in [2.45, 2.75) is 126 Å². The molecule has 0 aliphatic heterocycles. The van der Waals surface area contributed by atoms with Gasteiger partial charge in [0, 0.05) is 12.1 Å². The van der Waals surface area contributed by atoms with E-state index in [0.29, 0.717) is 30.1 Å². The maximum atomic E-state index is 11.6. The zero-order valence-electron chi connectivity index (χ0n) is 32.1. The topological polar surface area (TPSA) is 173 Å². The predicted molar refractivity (Wildman–Crippen MR) is 214 cm³/mol. The first-order valence-electron chi connectivity index (χ1n) is 18.9. The molecule has 0 saturated heterocycles.